The van der Waals surface area contributed by atoms with E-state index in [0.29, 0.717) is 22.7 Å². The van der Waals surface area contributed by atoms with Gasteiger partial charge in [-0.05, 0) is 49.4 Å². The zero-order valence-corrected chi connectivity index (χ0v) is 17.7. The third-order valence-corrected chi connectivity index (χ3v) is 5.52. The maximum Gasteiger partial charge on any atom is 0.262 e. The van der Waals surface area contributed by atoms with Crippen LogP contribution in [0.5, 0.6) is 11.5 Å². The van der Waals surface area contributed by atoms with E-state index in [-0.39, 0.29) is 18.3 Å². The number of carbonyl (C=O) groups is 2. The number of thiazole rings is 1. The molecule has 0 bridgehead atoms. The van der Waals surface area contributed by atoms with Gasteiger partial charge < -0.3 is 14.8 Å². The maximum atomic E-state index is 12.4. The normalized spacial score (nSPS) is 10.6. The van der Waals surface area contributed by atoms with Crippen LogP contribution in [0.1, 0.15) is 17.3 Å². The highest BCUT2D eigenvalue weighted by Gasteiger charge is 2.12. The van der Waals surface area contributed by atoms with Crippen LogP contribution in [0.25, 0.3) is 20.9 Å². The smallest absolute Gasteiger partial charge is 0.262 e. The van der Waals surface area contributed by atoms with Gasteiger partial charge in [0.1, 0.15) is 15.4 Å². The Labute approximate surface area is 182 Å². The van der Waals surface area contributed by atoms with E-state index in [1.807, 2.05) is 30.3 Å². The summed E-state index contributed by atoms with van der Waals surface area (Å²) in [6, 6.07) is 16.1. The van der Waals surface area contributed by atoms with Gasteiger partial charge in [0, 0.05) is 23.0 Å². The Morgan fingerprint density at radius 3 is 2.71 bits per heavy atom. The molecule has 2 aromatic heterocycles. The lowest BCUT2D eigenvalue weighted by Crippen LogP contribution is -2.20. The van der Waals surface area contributed by atoms with E-state index >= 15 is 0 Å². The molecule has 0 fully saturated rings. The lowest BCUT2D eigenvalue weighted by molar-refractivity contribution is -0.118. The summed E-state index contributed by atoms with van der Waals surface area (Å²) in [5, 5.41) is 3.66. The van der Waals surface area contributed by atoms with Crippen molar-refractivity contribution in [3.8, 4) is 22.1 Å². The molecular formula is C23H19N3O4S. The summed E-state index contributed by atoms with van der Waals surface area (Å²) in [5.41, 5.74) is 2.88. The number of hydrogen-bond donors (Lipinski definition) is 1. The van der Waals surface area contributed by atoms with Gasteiger partial charge in [0.05, 0.1) is 7.11 Å². The average Bonchev–Trinajstić information content (AvgIpc) is 3.22. The molecule has 8 heteroatoms. The highest BCUT2D eigenvalue weighted by atomic mass is 32.1. The number of fused-ring (bicyclic) bond motifs is 1. The largest absolute Gasteiger partial charge is 0.493 e. The number of benzene rings is 2. The molecule has 31 heavy (non-hydrogen) atoms. The zero-order chi connectivity index (χ0) is 21.8. The molecule has 0 atom stereocenters. The average molecular weight is 433 g/mol. The molecule has 0 saturated heterocycles. The molecule has 0 unspecified atom stereocenters. The Hall–Kier alpha value is -3.78. The predicted octanol–water partition coefficient (Wildman–Crippen LogP) is 4.59. The fraction of sp³-hybridized carbons (Fsp3) is 0.130. The van der Waals surface area contributed by atoms with Gasteiger partial charge in [-0.2, -0.15) is 0 Å². The lowest BCUT2D eigenvalue weighted by atomic mass is 10.1. The number of aromatic nitrogens is 2. The first kappa shape index (κ1) is 20.5. The Bertz CT molecular complexity index is 1240. The van der Waals surface area contributed by atoms with Crippen LogP contribution in [0.4, 0.5) is 5.69 Å². The number of pyridine rings is 1. The molecule has 0 aliphatic heterocycles. The fourth-order valence-corrected chi connectivity index (χ4v) is 3.87. The lowest BCUT2D eigenvalue weighted by Gasteiger charge is -2.12. The van der Waals surface area contributed by atoms with Crippen molar-refractivity contribution in [3.05, 3.63) is 66.4 Å². The predicted molar refractivity (Wildman–Crippen MR) is 120 cm³/mol. The summed E-state index contributed by atoms with van der Waals surface area (Å²) in [5.74, 6) is 0.387. The van der Waals surface area contributed by atoms with E-state index in [2.05, 4.69) is 15.3 Å². The number of ketones is 1. The molecule has 0 aliphatic carbocycles. The first-order valence-corrected chi connectivity index (χ1v) is 10.3. The Morgan fingerprint density at radius 1 is 1.06 bits per heavy atom. The van der Waals surface area contributed by atoms with Crippen LogP contribution in [0.3, 0.4) is 0 Å². The van der Waals surface area contributed by atoms with Crippen LogP contribution in [0, 0.1) is 0 Å². The number of anilines is 1. The molecule has 1 N–H and O–H groups in total. The zero-order valence-electron chi connectivity index (χ0n) is 16.9. The number of rotatable bonds is 7. The van der Waals surface area contributed by atoms with E-state index in [4.69, 9.17) is 9.47 Å². The summed E-state index contributed by atoms with van der Waals surface area (Å²) in [6.45, 7) is 1.27. The number of methoxy groups -OCH3 is 1. The van der Waals surface area contributed by atoms with Gasteiger partial charge in [-0.25, -0.2) is 9.97 Å². The number of hydrogen-bond acceptors (Lipinski definition) is 7. The minimum Gasteiger partial charge on any atom is -0.493 e. The van der Waals surface area contributed by atoms with Crippen LogP contribution >= 0.6 is 11.3 Å². The number of carbonyl (C=O) groups excluding carboxylic acids is 2. The van der Waals surface area contributed by atoms with E-state index in [1.165, 1.54) is 25.4 Å². The highest BCUT2D eigenvalue weighted by molar-refractivity contribution is 7.21. The minimum absolute atomic E-state index is 0.0774. The monoisotopic (exact) mass is 433 g/mol. The minimum atomic E-state index is -0.319. The van der Waals surface area contributed by atoms with Crippen molar-refractivity contribution in [3.63, 3.8) is 0 Å². The third-order valence-electron chi connectivity index (χ3n) is 4.49. The van der Waals surface area contributed by atoms with Crippen LogP contribution in [0.15, 0.2) is 60.8 Å². The van der Waals surface area contributed by atoms with Crippen molar-refractivity contribution in [2.24, 2.45) is 0 Å². The van der Waals surface area contributed by atoms with Gasteiger partial charge in [-0.1, -0.05) is 23.5 Å². The van der Waals surface area contributed by atoms with Gasteiger partial charge in [0.25, 0.3) is 5.91 Å². The molecule has 4 rings (SSSR count). The molecule has 0 radical (unpaired) electrons. The van der Waals surface area contributed by atoms with Gasteiger partial charge >= 0.3 is 0 Å². The molecule has 0 saturated carbocycles. The van der Waals surface area contributed by atoms with E-state index in [9.17, 15) is 9.59 Å². The van der Waals surface area contributed by atoms with Crippen molar-refractivity contribution in [2.75, 3.05) is 19.0 Å². The van der Waals surface area contributed by atoms with Crippen LogP contribution in [0.2, 0.25) is 0 Å². The number of nitrogens with one attached hydrogen (secondary N) is 1. The standard InChI is InChI=1S/C23H19N3O4S/c1-14(27)15-8-9-19(20(12-15)29-2)30-13-21(28)25-17-6-3-5-16(11-17)22-26-18-7-4-10-24-23(18)31-22/h3-12H,13H2,1-2H3,(H,25,28). The van der Waals surface area contributed by atoms with Crippen LogP contribution in [-0.2, 0) is 4.79 Å². The van der Waals surface area contributed by atoms with Gasteiger partial charge in [0.15, 0.2) is 23.9 Å². The second-order valence-corrected chi connectivity index (χ2v) is 7.66. The molecule has 4 aromatic rings. The summed E-state index contributed by atoms with van der Waals surface area (Å²) in [7, 11) is 1.48. The van der Waals surface area contributed by atoms with E-state index in [0.717, 1.165) is 20.9 Å². The van der Waals surface area contributed by atoms with Gasteiger partial charge in [-0.15, -0.1) is 0 Å². The molecule has 2 aromatic carbocycles. The molecule has 2 heterocycles. The van der Waals surface area contributed by atoms with E-state index < -0.39 is 0 Å². The first-order valence-electron chi connectivity index (χ1n) is 9.47. The second kappa shape index (κ2) is 8.93. The fourth-order valence-electron chi connectivity index (χ4n) is 2.97. The van der Waals surface area contributed by atoms with Crippen molar-refractivity contribution in [1.29, 1.82) is 0 Å². The van der Waals surface area contributed by atoms with Crippen LogP contribution < -0.4 is 14.8 Å². The quantitative estimate of drug-likeness (QED) is 0.429. The number of amides is 1. The summed E-state index contributed by atoms with van der Waals surface area (Å²) in [4.78, 5) is 33.7. The maximum absolute atomic E-state index is 12.4. The van der Waals surface area contributed by atoms with Crippen molar-refractivity contribution < 1.29 is 19.1 Å². The van der Waals surface area contributed by atoms with Gasteiger partial charge in [-0.3, -0.25) is 9.59 Å². The molecule has 156 valence electrons. The van der Waals surface area contributed by atoms with Crippen LogP contribution in [-0.4, -0.2) is 35.4 Å². The van der Waals surface area contributed by atoms with Crippen molar-refractivity contribution >= 4 is 39.1 Å². The Morgan fingerprint density at radius 2 is 1.94 bits per heavy atom. The summed E-state index contributed by atoms with van der Waals surface area (Å²) >= 11 is 1.50. The highest BCUT2D eigenvalue weighted by Crippen LogP contribution is 2.30. The molecule has 0 spiro atoms. The van der Waals surface area contributed by atoms with Gasteiger partial charge in [0.2, 0.25) is 0 Å². The molecule has 1 amide bonds. The topological polar surface area (TPSA) is 90.4 Å². The van der Waals surface area contributed by atoms with E-state index in [1.54, 1.807) is 30.5 Å². The van der Waals surface area contributed by atoms with Crippen molar-refractivity contribution in [2.45, 2.75) is 6.92 Å². The number of ether oxygens (including phenoxy) is 2. The SMILES string of the molecule is COc1cc(C(C)=O)ccc1OCC(=O)Nc1cccc(-c2nc3cccnc3s2)c1. The molecular weight excluding hydrogens is 414 g/mol. The third kappa shape index (κ3) is 4.70. The Kier molecular flexibility index (Phi) is 5.90. The number of nitrogens with zero attached hydrogens (tertiary/aromatic N) is 2. The summed E-state index contributed by atoms with van der Waals surface area (Å²) in [6.07, 6.45) is 1.74. The molecule has 7 nitrogen and oxygen atoms in total. The summed E-state index contributed by atoms with van der Waals surface area (Å²) < 4.78 is 10.8. The van der Waals surface area contributed by atoms with Crippen molar-refractivity contribution in [1.82, 2.24) is 9.97 Å². The Balaban J connectivity index is 1.43. The first-order chi connectivity index (χ1) is 15.0. The molecule has 0 aliphatic rings. The number of Topliss-reactive ketones (excluding diaryl/α,β-unsaturated/α-hetero) is 1. The second-order valence-electron chi connectivity index (χ2n) is 6.69.